The van der Waals surface area contributed by atoms with E-state index in [4.69, 9.17) is 10.00 Å². The number of aryl methyl sites for hydroxylation is 2. The summed E-state index contributed by atoms with van der Waals surface area (Å²) < 4.78 is 9.87. The second-order valence-corrected chi connectivity index (χ2v) is 7.30. The highest BCUT2D eigenvalue weighted by atomic mass is 16.5. The standard InChI is InChI=1S/C24H19N5O2/c1-28-14-19(17-10-12-26-21(17)24(28)30)18-8-9-20-22(27-15-29(20)13-5-11-25)23(18)31-16-6-3-2-4-7-16/h2-4,6-10,12,14-15,26H,5,13H2,1H3. The van der Waals surface area contributed by atoms with Gasteiger partial charge < -0.3 is 18.9 Å². The number of nitrogens with one attached hydrogen (secondary N) is 1. The van der Waals surface area contributed by atoms with Crippen LogP contribution in [-0.4, -0.2) is 19.1 Å². The molecular formula is C24H19N5O2. The predicted molar refractivity (Wildman–Crippen MR) is 119 cm³/mol. The summed E-state index contributed by atoms with van der Waals surface area (Å²) in [5.74, 6) is 1.30. The molecule has 0 spiro atoms. The molecule has 0 aliphatic heterocycles. The highest BCUT2D eigenvalue weighted by Crippen LogP contribution is 2.40. The topological polar surface area (TPSA) is 88.6 Å². The zero-order valence-electron chi connectivity index (χ0n) is 16.9. The third kappa shape index (κ3) is 3.15. The average Bonchev–Trinajstić information content (AvgIpc) is 3.44. The lowest BCUT2D eigenvalue weighted by molar-refractivity contribution is 0.489. The number of imidazole rings is 1. The molecule has 7 nitrogen and oxygen atoms in total. The molecule has 0 saturated heterocycles. The molecule has 5 rings (SSSR count). The lowest BCUT2D eigenvalue weighted by atomic mass is 10.0. The van der Waals surface area contributed by atoms with Crippen LogP contribution in [0.1, 0.15) is 6.42 Å². The third-order valence-corrected chi connectivity index (χ3v) is 5.36. The number of nitrogens with zero attached hydrogens (tertiary/aromatic N) is 4. The van der Waals surface area contributed by atoms with Crippen molar-refractivity contribution in [1.82, 2.24) is 19.1 Å². The fourth-order valence-corrected chi connectivity index (χ4v) is 3.86. The number of pyridine rings is 1. The predicted octanol–water partition coefficient (Wildman–Crippen LogP) is 4.59. The number of para-hydroxylation sites is 1. The molecule has 0 saturated carbocycles. The van der Waals surface area contributed by atoms with Crippen molar-refractivity contribution in [3.63, 3.8) is 0 Å². The number of H-pyrrole nitrogens is 1. The van der Waals surface area contributed by atoms with Crippen LogP contribution >= 0.6 is 0 Å². The lowest BCUT2D eigenvalue weighted by Gasteiger charge is -2.14. The SMILES string of the molecule is Cn1cc(-c2ccc3c(ncn3CCC#N)c2Oc2ccccc2)c2cc[nH]c2c1=O. The van der Waals surface area contributed by atoms with Crippen LogP contribution in [0, 0.1) is 11.3 Å². The van der Waals surface area contributed by atoms with Crippen molar-refractivity contribution >= 4 is 21.9 Å². The maximum Gasteiger partial charge on any atom is 0.274 e. The molecule has 152 valence electrons. The molecule has 7 heteroatoms. The minimum atomic E-state index is -0.0869. The first-order chi connectivity index (χ1) is 15.2. The van der Waals surface area contributed by atoms with Crippen LogP contribution in [-0.2, 0) is 13.6 Å². The fraction of sp³-hybridized carbons (Fsp3) is 0.125. The number of rotatable bonds is 5. The Labute approximate surface area is 177 Å². The van der Waals surface area contributed by atoms with Gasteiger partial charge in [-0.15, -0.1) is 0 Å². The van der Waals surface area contributed by atoms with Crippen LogP contribution in [0.4, 0.5) is 0 Å². The zero-order chi connectivity index (χ0) is 21.4. The summed E-state index contributed by atoms with van der Waals surface area (Å²) in [7, 11) is 1.74. The summed E-state index contributed by atoms with van der Waals surface area (Å²) in [5.41, 5.74) is 3.76. The largest absolute Gasteiger partial charge is 0.454 e. The van der Waals surface area contributed by atoms with Crippen molar-refractivity contribution in [3.05, 3.63) is 77.6 Å². The molecule has 0 amide bonds. The van der Waals surface area contributed by atoms with E-state index in [2.05, 4.69) is 16.0 Å². The van der Waals surface area contributed by atoms with E-state index in [-0.39, 0.29) is 5.56 Å². The number of aromatic amines is 1. The lowest BCUT2D eigenvalue weighted by Crippen LogP contribution is -2.16. The van der Waals surface area contributed by atoms with Crippen LogP contribution in [0.2, 0.25) is 0 Å². The van der Waals surface area contributed by atoms with Crippen LogP contribution in [0.5, 0.6) is 11.5 Å². The molecule has 0 fully saturated rings. The minimum absolute atomic E-state index is 0.0869. The average molecular weight is 409 g/mol. The van der Waals surface area contributed by atoms with Gasteiger partial charge in [0.25, 0.3) is 5.56 Å². The van der Waals surface area contributed by atoms with Gasteiger partial charge in [0.05, 0.1) is 24.3 Å². The van der Waals surface area contributed by atoms with Crippen LogP contribution in [0.3, 0.4) is 0 Å². The van der Waals surface area contributed by atoms with Gasteiger partial charge in [-0.25, -0.2) is 4.98 Å². The smallest absolute Gasteiger partial charge is 0.274 e. The Kier molecular flexibility index (Phi) is 4.53. The van der Waals surface area contributed by atoms with Crippen LogP contribution < -0.4 is 10.3 Å². The molecule has 3 aromatic heterocycles. The Morgan fingerprint density at radius 3 is 2.77 bits per heavy atom. The Bertz CT molecular complexity index is 1500. The van der Waals surface area contributed by atoms with Crippen molar-refractivity contribution < 1.29 is 4.74 Å². The number of hydrogen-bond acceptors (Lipinski definition) is 4. The van der Waals surface area contributed by atoms with Gasteiger partial charge in [0, 0.05) is 42.5 Å². The molecule has 31 heavy (non-hydrogen) atoms. The quantitative estimate of drug-likeness (QED) is 0.460. The van der Waals surface area contributed by atoms with Gasteiger partial charge in [-0.3, -0.25) is 4.79 Å². The number of fused-ring (bicyclic) bond motifs is 2. The summed E-state index contributed by atoms with van der Waals surface area (Å²) >= 11 is 0. The number of nitriles is 1. The van der Waals surface area contributed by atoms with Gasteiger partial charge in [0.15, 0.2) is 5.75 Å². The number of hydrogen-bond donors (Lipinski definition) is 1. The van der Waals surface area contributed by atoms with E-state index in [1.807, 2.05) is 59.3 Å². The first-order valence-electron chi connectivity index (χ1n) is 9.92. The maximum absolute atomic E-state index is 12.5. The molecule has 5 aromatic rings. The number of aromatic nitrogens is 4. The fourth-order valence-electron chi connectivity index (χ4n) is 3.86. The molecule has 3 heterocycles. The van der Waals surface area contributed by atoms with Crippen molar-refractivity contribution in [2.45, 2.75) is 13.0 Å². The molecule has 0 radical (unpaired) electrons. The van der Waals surface area contributed by atoms with Gasteiger partial charge >= 0.3 is 0 Å². The summed E-state index contributed by atoms with van der Waals surface area (Å²) in [6.07, 6.45) is 5.72. The Morgan fingerprint density at radius 1 is 1.13 bits per heavy atom. The highest BCUT2D eigenvalue weighted by Gasteiger charge is 2.19. The van der Waals surface area contributed by atoms with E-state index in [0.29, 0.717) is 35.5 Å². The molecule has 0 bridgehead atoms. The summed E-state index contributed by atoms with van der Waals surface area (Å²) in [4.78, 5) is 20.2. The van der Waals surface area contributed by atoms with E-state index < -0.39 is 0 Å². The second-order valence-electron chi connectivity index (χ2n) is 7.30. The van der Waals surface area contributed by atoms with Gasteiger partial charge in [-0.05, 0) is 30.3 Å². The maximum atomic E-state index is 12.5. The monoisotopic (exact) mass is 409 g/mol. The molecule has 1 N–H and O–H groups in total. The van der Waals surface area contributed by atoms with E-state index in [1.54, 1.807) is 24.1 Å². The summed E-state index contributed by atoms with van der Waals surface area (Å²) in [6.45, 7) is 0.555. The number of benzene rings is 2. The Morgan fingerprint density at radius 2 is 1.97 bits per heavy atom. The van der Waals surface area contributed by atoms with E-state index >= 15 is 0 Å². The van der Waals surface area contributed by atoms with Crippen LogP contribution in [0.25, 0.3) is 33.1 Å². The van der Waals surface area contributed by atoms with Gasteiger partial charge in [-0.2, -0.15) is 5.26 Å². The van der Waals surface area contributed by atoms with Gasteiger partial charge in [-0.1, -0.05) is 18.2 Å². The summed E-state index contributed by atoms with van der Waals surface area (Å²) in [6, 6.07) is 17.6. The Balaban J connectivity index is 1.78. The number of ether oxygens (including phenoxy) is 1. The van der Waals surface area contributed by atoms with Crippen molar-refractivity contribution in [1.29, 1.82) is 5.26 Å². The van der Waals surface area contributed by atoms with Crippen molar-refractivity contribution in [2.75, 3.05) is 0 Å². The zero-order valence-corrected chi connectivity index (χ0v) is 16.9. The normalized spacial score (nSPS) is 11.1. The first-order valence-corrected chi connectivity index (χ1v) is 9.92. The molecule has 2 aromatic carbocycles. The highest BCUT2D eigenvalue weighted by molar-refractivity contribution is 6.00. The molecular weight excluding hydrogens is 390 g/mol. The van der Waals surface area contributed by atoms with Crippen LogP contribution in [0.15, 0.2) is 72.0 Å². The van der Waals surface area contributed by atoms with E-state index in [1.165, 1.54) is 0 Å². The Hall–Kier alpha value is -4.31. The molecule has 0 aliphatic rings. The van der Waals surface area contributed by atoms with Gasteiger partial charge in [0.2, 0.25) is 0 Å². The first kappa shape index (κ1) is 18.7. The van der Waals surface area contributed by atoms with E-state index in [9.17, 15) is 4.79 Å². The molecule has 0 atom stereocenters. The van der Waals surface area contributed by atoms with Crippen molar-refractivity contribution in [2.24, 2.45) is 7.05 Å². The minimum Gasteiger partial charge on any atom is -0.454 e. The third-order valence-electron chi connectivity index (χ3n) is 5.36. The summed E-state index contributed by atoms with van der Waals surface area (Å²) in [5, 5.41) is 9.79. The molecule has 0 aliphatic carbocycles. The molecule has 0 unspecified atom stereocenters. The van der Waals surface area contributed by atoms with E-state index in [0.717, 1.165) is 22.0 Å². The second kappa shape index (κ2) is 7.50. The van der Waals surface area contributed by atoms with Crippen molar-refractivity contribution in [3.8, 4) is 28.7 Å². The van der Waals surface area contributed by atoms with Gasteiger partial charge in [0.1, 0.15) is 16.8 Å².